The van der Waals surface area contributed by atoms with Crippen LogP contribution in [0.1, 0.15) is 37.1 Å². The number of halogens is 1. The van der Waals surface area contributed by atoms with Crippen LogP contribution in [0.2, 0.25) is 0 Å². The number of hydrogen-bond donors (Lipinski definition) is 2. The van der Waals surface area contributed by atoms with Gasteiger partial charge < -0.3 is 5.32 Å². The van der Waals surface area contributed by atoms with Crippen molar-refractivity contribution in [3.63, 3.8) is 0 Å². The molecule has 1 saturated carbocycles. The fraction of sp³-hybridized carbons (Fsp3) is 0.423. The highest BCUT2D eigenvalue weighted by atomic mass is 35.5. The number of nitrogens with zero attached hydrogens (tertiary/aromatic N) is 5. The van der Waals surface area contributed by atoms with Crippen molar-refractivity contribution in [3.8, 4) is 11.3 Å². The molecule has 0 amide bonds. The molecule has 34 heavy (non-hydrogen) atoms. The third-order valence-corrected chi connectivity index (χ3v) is 8.86. The van der Waals surface area contributed by atoms with Gasteiger partial charge in [0.1, 0.15) is 5.69 Å². The normalized spacial score (nSPS) is 23.6. The van der Waals surface area contributed by atoms with Crippen LogP contribution in [-0.2, 0) is 7.05 Å². The van der Waals surface area contributed by atoms with E-state index in [0.29, 0.717) is 11.5 Å². The van der Waals surface area contributed by atoms with Gasteiger partial charge in [0.2, 0.25) is 0 Å². The van der Waals surface area contributed by atoms with E-state index in [2.05, 4.69) is 63.4 Å². The second-order valence-electron chi connectivity index (χ2n) is 10.5. The molecule has 1 spiro atoms. The Morgan fingerprint density at radius 3 is 2.76 bits per heavy atom. The highest BCUT2D eigenvalue weighted by Crippen LogP contribution is 2.52. The second-order valence-corrected chi connectivity index (χ2v) is 11.0. The van der Waals surface area contributed by atoms with Gasteiger partial charge in [-0.15, -0.1) is 11.6 Å². The molecule has 3 aromatic heterocycles. The Morgan fingerprint density at radius 1 is 1.18 bits per heavy atom. The molecule has 2 fully saturated rings. The van der Waals surface area contributed by atoms with E-state index in [0.717, 1.165) is 57.0 Å². The van der Waals surface area contributed by atoms with E-state index >= 15 is 0 Å². The Balaban J connectivity index is 1.46. The molecule has 2 aliphatic carbocycles. The van der Waals surface area contributed by atoms with Crippen LogP contribution in [0.3, 0.4) is 0 Å². The Kier molecular flexibility index (Phi) is 4.25. The summed E-state index contributed by atoms with van der Waals surface area (Å²) in [6.07, 6.45) is 8.38. The fourth-order valence-electron chi connectivity index (χ4n) is 6.26. The molecule has 174 valence electrons. The summed E-state index contributed by atoms with van der Waals surface area (Å²) in [4.78, 5) is 0. The summed E-state index contributed by atoms with van der Waals surface area (Å²) in [5, 5.41) is 23.8. The molecular weight excluding hydrogens is 446 g/mol. The van der Waals surface area contributed by atoms with E-state index in [-0.39, 0.29) is 11.3 Å². The third-order valence-electron chi connectivity index (χ3n) is 8.25. The zero-order chi connectivity index (χ0) is 23.2. The fourth-order valence-corrected chi connectivity index (χ4v) is 6.56. The maximum Gasteiger partial charge on any atom is 0.100 e. The number of hydrogen-bond acceptors (Lipinski definition) is 4. The van der Waals surface area contributed by atoms with Crippen LogP contribution < -0.4 is 15.9 Å². The first-order valence-corrected chi connectivity index (χ1v) is 12.5. The summed E-state index contributed by atoms with van der Waals surface area (Å²) in [6, 6.07) is 6.94. The lowest BCUT2D eigenvalue weighted by atomic mass is 9.61. The van der Waals surface area contributed by atoms with Crippen molar-refractivity contribution in [3.05, 3.63) is 52.4 Å². The van der Waals surface area contributed by atoms with Crippen molar-refractivity contribution in [2.45, 2.75) is 38.1 Å². The SMILES string of the molecule is Cc1c(C2=c3cn[nH]c3=C[C@H](C)[C@@H]2Cl)c(-c2ccc3c(cnn3C)c2)nn1C1CC2(CNC2)C1. The lowest BCUT2D eigenvalue weighted by Gasteiger charge is -2.54. The summed E-state index contributed by atoms with van der Waals surface area (Å²) in [5.74, 6) is 0.189. The van der Waals surface area contributed by atoms with Crippen LogP contribution in [0, 0.1) is 18.3 Å². The first-order chi connectivity index (χ1) is 16.4. The van der Waals surface area contributed by atoms with Crippen molar-refractivity contribution in [2.75, 3.05) is 13.1 Å². The summed E-state index contributed by atoms with van der Waals surface area (Å²) >= 11 is 7.13. The van der Waals surface area contributed by atoms with Crippen molar-refractivity contribution >= 4 is 34.2 Å². The molecule has 8 heteroatoms. The number of aromatic amines is 1. The first-order valence-electron chi connectivity index (χ1n) is 12.1. The minimum atomic E-state index is -0.147. The van der Waals surface area contributed by atoms with Gasteiger partial charge in [-0.25, -0.2) is 0 Å². The van der Waals surface area contributed by atoms with Gasteiger partial charge >= 0.3 is 0 Å². The van der Waals surface area contributed by atoms with Gasteiger partial charge in [-0.05, 0) is 48.8 Å². The zero-order valence-corrected chi connectivity index (χ0v) is 20.4. The van der Waals surface area contributed by atoms with Crippen molar-refractivity contribution in [1.29, 1.82) is 0 Å². The molecule has 4 heterocycles. The lowest BCUT2D eigenvalue weighted by molar-refractivity contribution is 0.00160. The summed E-state index contributed by atoms with van der Waals surface area (Å²) < 4.78 is 4.19. The molecule has 1 aliphatic heterocycles. The summed E-state index contributed by atoms with van der Waals surface area (Å²) in [6.45, 7) is 6.64. The number of nitrogens with one attached hydrogen (secondary N) is 2. The van der Waals surface area contributed by atoms with E-state index < -0.39 is 0 Å². The van der Waals surface area contributed by atoms with Crippen LogP contribution in [0.25, 0.3) is 33.8 Å². The van der Waals surface area contributed by atoms with Gasteiger partial charge in [0.25, 0.3) is 0 Å². The number of alkyl halides is 1. The van der Waals surface area contributed by atoms with E-state index in [1.165, 1.54) is 18.5 Å². The highest BCUT2D eigenvalue weighted by Gasteiger charge is 2.50. The molecule has 4 aromatic rings. The number of rotatable bonds is 3. The monoisotopic (exact) mass is 473 g/mol. The van der Waals surface area contributed by atoms with Crippen LogP contribution in [0.15, 0.2) is 30.6 Å². The molecule has 2 atom stereocenters. The van der Waals surface area contributed by atoms with Gasteiger partial charge in [0, 0.05) is 47.6 Å². The van der Waals surface area contributed by atoms with Crippen molar-refractivity contribution in [2.24, 2.45) is 18.4 Å². The molecule has 3 aliphatic rings. The molecule has 1 aromatic carbocycles. The molecule has 7 rings (SSSR count). The number of benzene rings is 1. The molecule has 7 nitrogen and oxygen atoms in total. The Labute approximate surface area is 202 Å². The maximum absolute atomic E-state index is 7.13. The number of H-pyrrole nitrogens is 1. The van der Waals surface area contributed by atoms with E-state index in [1.54, 1.807) is 0 Å². The van der Waals surface area contributed by atoms with Crippen LogP contribution in [-0.4, -0.2) is 48.2 Å². The average molecular weight is 474 g/mol. The summed E-state index contributed by atoms with van der Waals surface area (Å²) in [5.41, 5.74) is 7.16. The standard InChI is InChI=1S/C26H28ClN7/c1-14-6-20-19(11-29-31-20)23(24(14)27)22-15(2)34(18-8-26(9-18)12-28-13-26)32-25(22)16-4-5-21-17(7-16)10-30-33(21)3/h4-7,10-11,14,18,24,28,31H,8-9,12-13H2,1-3H3/t14-,24-/m0/s1. The van der Waals surface area contributed by atoms with E-state index in [9.17, 15) is 0 Å². The molecule has 1 saturated heterocycles. The molecule has 2 N–H and O–H groups in total. The number of aryl methyl sites for hydroxylation is 1. The Hall–Kier alpha value is -2.90. The minimum Gasteiger partial charge on any atom is -0.316 e. The van der Waals surface area contributed by atoms with Crippen molar-refractivity contribution in [1.82, 2.24) is 35.1 Å². The quantitative estimate of drug-likeness (QED) is 0.448. The smallest absolute Gasteiger partial charge is 0.100 e. The molecule has 0 unspecified atom stereocenters. The molecule has 0 radical (unpaired) electrons. The van der Waals surface area contributed by atoms with Gasteiger partial charge in [-0.2, -0.15) is 15.3 Å². The largest absolute Gasteiger partial charge is 0.316 e. The average Bonchev–Trinajstić information content (AvgIpc) is 3.46. The summed E-state index contributed by atoms with van der Waals surface area (Å²) in [7, 11) is 1.97. The van der Waals surface area contributed by atoms with E-state index in [1.807, 2.05) is 24.1 Å². The van der Waals surface area contributed by atoms with Gasteiger partial charge in [0.15, 0.2) is 0 Å². The minimum absolute atomic E-state index is 0.147. The Morgan fingerprint density at radius 2 is 2.00 bits per heavy atom. The van der Waals surface area contributed by atoms with Gasteiger partial charge in [0.05, 0.1) is 34.7 Å². The van der Waals surface area contributed by atoms with Crippen molar-refractivity contribution < 1.29 is 0 Å². The molecule has 0 bridgehead atoms. The van der Waals surface area contributed by atoms with Gasteiger partial charge in [-0.1, -0.05) is 19.1 Å². The van der Waals surface area contributed by atoms with Crippen LogP contribution in [0.4, 0.5) is 0 Å². The Bertz CT molecular complexity index is 1560. The first kappa shape index (κ1) is 20.5. The molecular formula is C26H28ClN7. The lowest BCUT2D eigenvalue weighted by Crippen LogP contribution is -2.60. The van der Waals surface area contributed by atoms with Crippen LogP contribution >= 0.6 is 11.6 Å². The highest BCUT2D eigenvalue weighted by molar-refractivity contribution is 6.27. The van der Waals surface area contributed by atoms with E-state index in [4.69, 9.17) is 16.7 Å². The predicted octanol–water partition coefficient (Wildman–Crippen LogP) is 2.63. The zero-order valence-electron chi connectivity index (χ0n) is 19.6. The van der Waals surface area contributed by atoms with Gasteiger partial charge in [-0.3, -0.25) is 14.5 Å². The van der Waals surface area contributed by atoms with Crippen LogP contribution in [0.5, 0.6) is 0 Å². The number of aromatic nitrogens is 6. The predicted molar refractivity (Wildman–Crippen MR) is 134 cm³/mol. The number of fused-ring (bicyclic) bond motifs is 2. The third kappa shape index (κ3) is 2.77. The topological polar surface area (TPSA) is 76.3 Å². The maximum atomic E-state index is 7.13. The second kappa shape index (κ2) is 7.06.